The third-order valence-electron chi connectivity index (χ3n) is 3.42. The fourth-order valence-corrected chi connectivity index (χ4v) is 2.78. The van der Waals surface area contributed by atoms with E-state index in [1.54, 1.807) is 0 Å². The molecule has 0 aromatic rings. The van der Waals surface area contributed by atoms with Crippen molar-refractivity contribution in [2.45, 2.75) is 38.3 Å². The smallest absolute Gasteiger partial charge is 0.279 e. The fourth-order valence-electron chi connectivity index (χ4n) is 1.74. The topological polar surface area (TPSA) is 72.9 Å². The molecule has 6 nitrogen and oxygen atoms in total. The third kappa shape index (κ3) is 4.81. The Kier molecular flexibility index (Phi) is 6.00. The van der Waals surface area contributed by atoms with E-state index in [9.17, 15) is 8.42 Å². The van der Waals surface area contributed by atoms with Gasteiger partial charge in [0.05, 0.1) is 0 Å². The first-order valence-corrected chi connectivity index (χ1v) is 7.86. The molecule has 0 bridgehead atoms. The molecule has 0 aromatic carbocycles. The SMILES string of the molecule is CC(CNS(=O)(=O)N(C)CCCO)N(C)C1CC1. The number of aliphatic hydroxyl groups excluding tert-OH is 1. The van der Waals surface area contributed by atoms with Gasteiger partial charge in [0.1, 0.15) is 0 Å². The van der Waals surface area contributed by atoms with Gasteiger partial charge in [0, 0.05) is 38.8 Å². The summed E-state index contributed by atoms with van der Waals surface area (Å²) in [6, 6.07) is 0.815. The predicted octanol–water partition coefficient (Wildman–Crippen LogP) is -0.382. The minimum Gasteiger partial charge on any atom is -0.396 e. The molecule has 1 unspecified atom stereocenters. The van der Waals surface area contributed by atoms with E-state index in [1.807, 2.05) is 14.0 Å². The first-order chi connectivity index (χ1) is 8.38. The highest BCUT2D eigenvalue weighted by atomic mass is 32.2. The van der Waals surface area contributed by atoms with Crippen LogP contribution in [0.2, 0.25) is 0 Å². The average Bonchev–Trinajstić information content (AvgIpc) is 3.16. The molecule has 0 aromatic heterocycles. The Morgan fingerprint density at radius 3 is 2.50 bits per heavy atom. The predicted molar refractivity (Wildman–Crippen MR) is 71.5 cm³/mol. The van der Waals surface area contributed by atoms with Gasteiger partial charge in [-0.25, -0.2) is 4.72 Å². The van der Waals surface area contributed by atoms with Crippen molar-refractivity contribution in [2.24, 2.45) is 0 Å². The third-order valence-corrected chi connectivity index (χ3v) is 4.96. The first-order valence-electron chi connectivity index (χ1n) is 6.42. The molecule has 1 atom stereocenters. The maximum absolute atomic E-state index is 11.9. The van der Waals surface area contributed by atoms with E-state index in [2.05, 4.69) is 9.62 Å². The summed E-state index contributed by atoms with van der Waals surface area (Å²) in [6.45, 7) is 2.77. The summed E-state index contributed by atoms with van der Waals surface area (Å²) in [5, 5.41) is 8.69. The molecule has 1 saturated carbocycles. The summed E-state index contributed by atoms with van der Waals surface area (Å²) < 4.78 is 27.6. The van der Waals surface area contributed by atoms with Gasteiger partial charge in [0.25, 0.3) is 10.2 Å². The molecule has 0 spiro atoms. The van der Waals surface area contributed by atoms with E-state index >= 15 is 0 Å². The maximum Gasteiger partial charge on any atom is 0.279 e. The molecule has 1 aliphatic rings. The summed E-state index contributed by atoms with van der Waals surface area (Å²) in [5.74, 6) is 0. The minimum absolute atomic E-state index is 0.000675. The van der Waals surface area contributed by atoms with Crippen LogP contribution < -0.4 is 4.72 Å². The van der Waals surface area contributed by atoms with Gasteiger partial charge in [-0.2, -0.15) is 12.7 Å². The average molecular weight is 279 g/mol. The Labute approximate surface area is 110 Å². The fraction of sp³-hybridized carbons (Fsp3) is 1.00. The van der Waals surface area contributed by atoms with Crippen molar-refractivity contribution >= 4 is 10.2 Å². The number of nitrogens with zero attached hydrogens (tertiary/aromatic N) is 2. The van der Waals surface area contributed by atoms with Crippen molar-refractivity contribution in [2.75, 3.05) is 33.8 Å². The second-order valence-corrected chi connectivity index (χ2v) is 6.86. The van der Waals surface area contributed by atoms with Crippen LogP contribution in [-0.2, 0) is 10.2 Å². The standard InChI is InChI=1S/C11H25N3O3S/c1-10(14(3)11-5-6-11)9-12-18(16,17)13(2)7-4-8-15/h10-12,15H,4-9H2,1-3H3. The van der Waals surface area contributed by atoms with Crippen LogP contribution in [0.15, 0.2) is 0 Å². The Balaban J connectivity index is 2.35. The lowest BCUT2D eigenvalue weighted by Crippen LogP contribution is -2.45. The normalized spacial score (nSPS) is 18.6. The second kappa shape index (κ2) is 6.81. The van der Waals surface area contributed by atoms with Crippen molar-refractivity contribution < 1.29 is 13.5 Å². The van der Waals surface area contributed by atoms with Gasteiger partial charge < -0.3 is 5.11 Å². The zero-order chi connectivity index (χ0) is 13.8. The van der Waals surface area contributed by atoms with Crippen molar-refractivity contribution in [3.05, 3.63) is 0 Å². The van der Waals surface area contributed by atoms with E-state index in [1.165, 1.54) is 24.2 Å². The van der Waals surface area contributed by atoms with Crippen LogP contribution in [0.25, 0.3) is 0 Å². The van der Waals surface area contributed by atoms with E-state index in [0.717, 1.165) is 0 Å². The van der Waals surface area contributed by atoms with Crippen molar-refractivity contribution in [1.82, 2.24) is 13.9 Å². The lowest BCUT2D eigenvalue weighted by molar-refractivity contribution is 0.246. The Morgan fingerprint density at radius 1 is 1.39 bits per heavy atom. The molecular weight excluding hydrogens is 254 g/mol. The van der Waals surface area contributed by atoms with Crippen molar-refractivity contribution in [1.29, 1.82) is 0 Å². The van der Waals surface area contributed by atoms with Gasteiger partial charge >= 0.3 is 0 Å². The van der Waals surface area contributed by atoms with Gasteiger partial charge in [-0.15, -0.1) is 0 Å². The minimum atomic E-state index is -3.42. The van der Waals surface area contributed by atoms with Gasteiger partial charge in [-0.3, -0.25) is 4.90 Å². The van der Waals surface area contributed by atoms with Gasteiger partial charge in [-0.1, -0.05) is 0 Å². The molecule has 0 saturated heterocycles. The van der Waals surface area contributed by atoms with Gasteiger partial charge in [0.15, 0.2) is 0 Å². The summed E-state index contributed by atoms with van der Waals surface area (Å²) in [4.78, 5) is 2.22. The highest BCUT2D eigenvalue weighted by molar-refractivity contribution is 7.87. The molecule has 0 amide bonds. The van der Waals surface area contributed by atoms with Crippen LogP contribution in [0.4, 0.5) is 0 Å². The van der Waals surface area contributed by atoms with Crippen LogP contribution in [0.1, 0.15) is 26.2 Å². The molecule has 1 rings (SSSR count). The van der Waals surface area contributed by atoms with Crippen molar-refractivity contribution in [3.8, 4) is 0 Å². The summed E-state index contributed by atoms with van der Waals surface area (Å²) in [6.07, 6.45) is 2.88. The zero-order valence-corrected chi connectivity index (χ0v) is 12.3. The Bertz CT molecular complexity index is 343. The van der Waals surface area contributed by atoms with E-state index in [-0.39, 0.29) is 12.6 Å². The number of hydrogen-bond acceptors (Lipinski definition) is 4. The lowest BCUT2D eigenvalue weighted by Gasteiger charge is -2.26. The molecule has 2 N–H and O–H groups in total. The first kappa shape index (κ1) is 15.8. The number of aliphatic hydroxyl groups is 1. The molecule has 1 fully saturated rings. The number of rotatable bonds is 9. The van der Waals surface area contributed by atoms with E-state index < -0.39 is 10.2 Å². The van der Waals surface area contributed by atoms with Crippen LogP contribution in [0.5, 0.6) is 0 Å². The number of nitrogens with one attached hydrogen (secondary N) is 1. The number of likely N-dealkylation sites (N-methyl/N-ethyl adjacent to an activating group) is 1. The molecule has 18 heavy (non-hydrogen) atoms. The molecular formula is C11H25N3O3S. The monoisotopic (exact) mass is 279 g/mol. The quantitative estimate of drug-likeness (QED) is 0.603. The van der Waals surface area contributed by atoms with Gasteiger partial charge in [0.2, 0.25) is 0 Å². The maximum atomic E-state index is 11.9. The van der Waals surface area contributed by atoms with Crippen LogP contribution >= 0.6 is 0 Å². The summed E-state index contributed by atoms with van der Waals surface area (Å²) >= 11 is 0. The van der Waals surface area contributed by atoms with Gasteiger partial charge in [-0.05, 0) is 33.2 Å². The molecule has 108 valence electrons. The second-order valence-electron chi connectivity index (χ2n) is 5.00. The molecule has 0 radical (unpaired) electrons. The van der Waals surface area contributed by atoms with Crippen LogP contribution in [0, 0.1) is 0 Å². The highest BCUT2D eigenvalue weighted by Crippen LogP contribution is 2.26. The van der Waals surface area contributed by atoms with Crippen LogP contribution in [-0.4, -0.2) is 68.6 Å². The van der Waals surface area contributed by atoms with E-state index in [4.69, 9.17) is 5.11 Å². The van der Waals surface area contributed by atoms with Crippen molar-refractivity contribution in [3.63, 3.8) is 0 Å². The molecule has 1 aliphatic carbocycles. The van der Waals surface area contributed by atoms with E-state index in [0.29, 0.717) is 25.6 Å². The molecule has 7 heteroatoms. The Hall–Kier alpha value is -0.210. The largest absolute Gasteiger partial charge is 0.396 e. The Morgan fingerprint density at radius 2 is 2.00 bits per heavy atom. The zero-order valence-electron chi connectivity index (χ0n) is 11.5. The summed E-state index contributed by atoms with van der Waals surface area (Å²) in [7, 11) is 0.134. The molecule has 0 heterocycles. The lowest BCUT2D eigenvalue weighted by atomic mass is 10.3. The number of hydrogen-bond donors (Lipinski definition) is 2. The molecule has 0 aliphatic heterocycles. The summed E-state index contributed by atoms with van der Waals surface area (Å²) in [5.41, 5.74) is 0. The highest BCUT2D eigenvalue weighted by Gasteiger charge is 2.29. The van der Waals surface area contributed by atoms with Crippen LogP contribution in [0.3, 0.4) is 0 Å².